The maximum atomic E-state index is 12.0. The van der Waals surface area contributed by atoms with Crippen molar-refractivity contribution in [3.05, 3.63) is 30.1 Å². The van der Waals surface area contributed by atoms with Gasteiger partial charge in [0.25, 0.3) is 0 Å². The molecule has 5 heteroatoms. The zero-order valence-corrected chi connectivity index (χ0v) is 10.7. The lowest BCUT2D eigenvalue weighted by Gasteiger charge is -2.24. The van der Waals surface area contributed by atoms with Crippen molar-refractivity contribution in [3.8, 4) is 0 Å². The summed E-state index contributed by atoms with van der Waals surface area (Å²) in [5, 5.41) is 6.21. The van der Waals surface area contributed by atoms with E-state index in [1.54, 1.807) is 6.20 Å². The van der Waals surface area contributed by atoms with E-state index in [9.17, 15) is 4.79 Å². The second-order valence-electron chi connectivity index (χ2n) is 4.07. The molecule has 1 aromatic heterocycles. The lowest BCUT2D eigenvalue weighted by Crippen LogP contribution is -2.49. The number of hydrogen-bond acceptors (Lipinski definition) is 4. The summed E-state index contributed by atoms with van der Waals surface area (Å²) in [6.45, 7) is 2.86. The number of amides is 1. The molecule has 2 atom stereocenters. The lowest BCUT2D eigenvalue weighted by atomic mass is 10.2. The van der Waals surface area contributed by atoms with Gasteiger partial charge < -0.3 is 10.6 Å². The molecule has 0 aliphatic carbocycles. The van der Waals surface area contributed by atoms with Gasteiger partial charge in [-0.1, -0.05) is 6.07 Å². The maximum absolute atomic E-state index is 12.0. The molecule has 1 aliphatic heterocycles. The number of pyridine rings is 1. The van der Waals surface area contributed by atoms with Gasteiger partial charge >= 0.3 is 0 Å². The highest BCUT2D eigenvalue weighted by atomic mass is 32.2. The van der Waals surface area contributed by atoms with E-state index < -0.39 is 0 Å². The lowest BCUT2D eigenvalue weighted by molar-refractivity contribution is -0.123. The Hall–Kier alpha value is -1.07. The van der Waals surface area contributed by atoms with Crippen molar-refractivity contribution in [3.63, 3.8) is 0 Å². The fourth-order valence-electron chi connectivity index (χ4n) is 1.75. The van der Waals surface area contributed by atoms with Crippen LogP contribution in [0.25, 0.3) is 0 Å². The topological polar surface area (TPSA) is 54.0 Å². The van der Waals surface area contributed by atoms with Crippen LogP contribution >= 0.6 is 11.8 Å². The Balaban J connectivity index is 1.89. The summed E-state index contributed by atoms with van der Waals surface area (Å²) in [7, 11) is 0. The molecule has 4 nitrogen and oxygen atoms in total. The monoisotopic (exact) mass is 251 g/mol. The van der Waals surface area contributed by atoms with Crippen LogP contribution in [-0.4, -0.2) is 35.0 Å². The first kappa shape index (κ1) is 12.4. The number of carbonyl (C=O) groups is 1. The van der Waals surface area contributed by atoms with Crippen LogP contribution in [-0.2, 0) is 4.79 Å². The van der Waals surface area contributed by atoms with Crippen molar-refractivity contribution in [1.29, 1.82) is 0 Å². The van der Waals surface area contributed by atoms with Crippen molar-refractivity contribution >= 4 is 17.7 Å². The summed E-state index contributed by atoms with van der Waals surface area (Å²) in [6.07, 6.45) is 1.74. The predicted molar refractivity (Wildman–Crippen MR) is 69.9 cm³/mol. The van der Waals surface area contributed by atoms with Crippen LogP contribution in [0.3, 0.4) is 0 Å². The highest BCUT2D eigenvalue weighted by molar-refractivity contribution is 7.99. The molecule has 0 radical (unpaired) electrons. The minimum atomic E-state index is -0.0695. The third kappa shape index (κ3) is 3.44. The summed E-state index contributed by atoms with van der Waals surface area (Å²) in [5.74, 6) is 2.00. The number of nitrogens with zero attached hydrogens (tertiary/aromatic N) is 1. The molecule has 1 fully saturated rings. The highest BCUT2D eigenvalue weighted by Crippen LogP contribution is 2.11. The second kappa shape index (κ2) is 6.02. The van der Waals surface area contributed by atoms with E-state index in [1.807, 2.05) is 36.9 Å². The molecular formula is C12H17N3OS. The van der Waals surface area contributed by atoms with E-state index in [2.05, 4.69) is 15.6 Å². The van der Waals surface area contributed by atoms with Crippen molar-refractivity contribution in [2.24, 2.45) is 0 Å². The number of hydrogen-bond donors (Lipinski definition) is 2. The van der Waals surface area contributed by atoms with Crippen molar-refractivity contribution in [2.45, 2.75) is 19.0 Å². The third-order valence-corrected chi connectivity index (χ3v) is 3.79. The average molecular weight is 251 g/mol. The molecule has 17 heavy (non-hydrogen) atoms. The van der Waals surface area contributed by atoms with Gasteiger partial charge in [0.1, 0.15) is 0 Å². The van der Waals surface area contributed by atoms with Gasteiger partial charge in [-0.2, -0.15) is 11.8 Å². The molecule has 0 spiro atoms. The first-order valence-electron chi connectivity index (χ1n) is 5.80. The van der Waals surface area contributed by atoms with Gasteiger partial charge in [0.2, 0.25) is 5.91 Å². The van der Waals surface area contributed by atoms with Crippen LogP contribution in [0.1, 0.15) is 18.7 Å². The first-order chi connectivity index (χ1) is 8.27. The number of carbonyl (C=O) groups excluding carboxylic acids is 1. The highest BCUT2D eigenvalue weighted by Gasteiger charge is 2.22. The van der Waals surface area contributed by atoms with E-state index in [-0.39, 0.29) is 18.0 Å². The molecule has 1 amide bonds. The minimum absolute atomic E-state index is 0.0440. The van der Waals surface area contributed by atoms with Crippen molar-refractivity contribution in [2.75, 3.05) is 18.1 Å². The molecule has 1 aromatic rings. The molecule has 2 heterocycles. The molecular weight excluding hydrogens is 234 g/mol. The van der Waals surface area contributed by atoms with E-state index >= 15 is 0 Å². The number of aromatic nitrogens is 1. The second-order valence-corrected chi connectivity index (χ2v) is 5.22. The van der Waals surface area contributed by atoms with Crippen LogP contribution in [0, 0.1) is 0 Å². The average Bonchev–Trinajstić information content (AvgIpc) is 2.40. The Labute approximate surface area is 106 Å². The summed E-state index contributed by atoms with van der Waals surface area (Å²) in [6, 6.07) is 5.61. The first-order valence-corrected chi connectivity index (χ1v) is 6.95. The van der Waals surface area contributed by atoms with Gasteiger partial charge in [-0.25, -0.2) is 0 Å². The molecule has 2 unspecified atom stereocenters. The molecule has 1 saturated heterocycles. The summed E-state index contributed by atoms with van der Waals surface area (Å²) >= 11 is 1.82. The van der Waals surface area contributed by atoms with E-state index in [1.165, 1.54) is 0 Å². The largest absolute Gasteiger partial charge is 0.347 e. The molecule has 1 aliphatic rings. The fraction of sp³-hybridized carbons (Fsp3) is 0.500. The summed E-state index contributed by atoms with van der Waals surface area (Å²) < 4.78 is 0. The third-order valence-electron chi connectivity index (χ3n) is 2.73. The Kier molecular flexibility index (Phi) is 4.39. The smallest absolute Gasteiger partial charge is 0.238 e. The molecule has 0 saturated carbocycles. The van der Waals surface area contributed by atoms with Crippen LogP contribution in [0.2, 0.25) is 0 Å². The Morgan fingerprint density at radius 3 is 3.18 bits per heavy atom. The number of nitrogens with one attached hydrogen (secondary N) is 2. The number of thioether (sulfide) groups is 1. The standard InChI is InChI=1S/C12H17N3OS/c1-9(10-4-2-3-5-13-10)15-12(16)11-8-17-7-6-14-11/h2-5,9,11,14H,6-8H2,1H3,(H,15,16). The molecule has 92 valence electrons. The van der Waals surface area contributed by atoms with E-state index in [0.29, 0.717) is 0 Å². The van der Waals surface area contributed by atoms with Crippen molar-refractivity contribution < 1.29 is 4.79 Å². The zero-order valence-electron chi connectivity index (χ0n) is 9.85. The van der Waals surface area contributed by atoms with Gasteiger partial charge in [-0.15, -0.1) is 0 Å². The van der Waals surface area contributed by atoms with Crippen LogP contribution in [0.4, 0.5) is 0 Å². The molecule has 0 aromatic carbocycles. The predicted octanol–water partition coefficient (Wildman–Crippen LogP) is 0.964. The van der Waals surface area contributed by atoms with Gasteiger partial charge in [-0.05, 0) is 19.1 Å². The van der Waals surface area contributed by atoms with Crippen molar-refractivity contribution in [1.82, 2.24) is 15.6 Å². The molecule has 2 N–H and O–H groups in total. The van der Waals surface area contributed by atoms with Crippen LogP contribution in [0.15, 0.2) is 24.4 Å². The molecule has 2 rings (SSSR count). The molecule has 0 bridgehead atoms. The van der Waals surface area contributed by atoms with Gasteiger partial charge in [-0.3, -0.25) is 9.78 Å². The normalized spacial score (nSPS) is 21.8. The quantitative estimate of drug-likeness (QED) is 0.840. The zero-order chi connectivity index (χ0) is 12.1. The summed E-state index contributed by atoms with van der Waals surface area (Å²) in [5.41, 5.74) is 0.893. The van der Waals surface area contributed by atoms with Gasteiger partial charge in [0, 0.05) is 24.2 Å². The number of rotatable bonds is 3. The van der Waals surface area contributed by atoms with E-state index in [0.717, 1.165) is 23.7 Å². The fourth-order valence-corrected chi connectivity index (χ4v) is 2.69. The van der Waals surface area contributed by atoms with E-state index in [4.69, 9.17) is 0 Å². The SMILES string of the molecule is CC(NC(=O)C1CSCCN1)c1ccccn1. The minimum Gasteiger partial charge on any atom is -0.347 e. The maximum Gasteiger partial charge on any atom is 0.238 e. The van der Waals surface area contributed by atoms with Crippen LogP contribution in [0.5, 0.6) is 0 Å². The Bertz CT molecular complexity index is 365. The van der Waals surface area contributed by atoms with Gasteiger partial charge in [0.15, 0.2) is 0 Å². The van der Waals surface area contributed by atoms with Gasteiger partial charge in [0.05, 0.1) is 17.8 Å². The summed E-state index contributed by atoms with van der Waals surface area (Å²) in [4.78, 5) is 16.2. The Morgan fingerprint density at radius 1 is 1.65 bits per heavy atom. The Morgan fingerprint density at radius 2 is 2.53 bits per heavy atom. The van der Waals surface area contributed by atoms with Crippen LogP contribution < -0.4 is 10.6 Å².